The second-order valence-electron chi connectivity index (χ2n) is 14.7. The molecule has 2 aromatic carbocycles. The van der Waals surface area contributed by atoms with Crippen molar-refractivity contribution in [3.63, 3.8) is 0 Å². The zero-order valence-corrected chi connectivity index (χ0v) is 34.1. The number of carbonyl (C=O) groups excluding carboxylic acids is 1. The summed E-state index contributed by atoms with van der Waals surface area (Å²) in [5.41, 5.74) is 2.66. The first-order valence-electron chi connectivity index (χ1n) is 19.4. The van der Waals surface area contributed by atoms with Gasteiger partial charge in [0.25, 0.3) is 15.7 Å². The van der Waals surface area contributed by atoms with Crippen LogP contribution in [0.4, 0.5) is 21.6 Å². The number of rotatable bonds is 16. The lowest BCUT2D eigenvalue weighted by atomic mass is 10.1. The predicted octanol–water partition coefficient (Wildman–Crippen LogP) is 3.60. The minimum atomic E-state index is -3.67. The number of aromatic nitrogens is 3. The van der Waals surface area contributed by atoms with Crippen LogP contribution in [0.2, 0.25) is 0 Å². The molecular weight excluding hydrogens is 776 g/mol. The maximum Gasteiger partial charge on any atom is 0.343 e. The molecule has 1 saturated carbocycles. The molecule has 0 bridgehead atoms. The van der Waals surface area contributed by atoms with Gasteiger partial charge in [-0.15, -0.1) is 0 Å². The number of carbonyl (C=O) groups is 1. The van der Waals surface area contributed by atoms with Gasteiger partial charge in [-0.1, -0.05) is 13.0 Å². The Morgan fingerprint density at radius 3 is 2.41 bits per heavy atom. The van der Waals surface area contributed by atoms with E-state index in [1.165, 1.54) is 34.0 Å². The van der Waals surface area contributed by atoms with Crippen molar-refractivity contribution in [2.24, 2.45) is 0 Å². The number of aryl methyl sites for hydroxylation is 2. The van der Waals surface area contributed by atoms with Crippen molar-refractivity contribution in [2.45, 2.75) is 71.5 Å². The number of unbranched alkanes of at least 4 members (excludes halogenated alkanes) is 1. The molecule has 18 heteroatoms. The van der Waals surface area contributed by atoms with E-state index >= 15 is 4.39 Å². The van der Waals surface area contributed by atoms with Crippen LogP contribution in [0.15, 0.2) is 57.0 Å². The van der Waals surface area contributed by atoms with Gasteiger partial charge in [0.05, 0.1) is 37.3 Å². The fraction of sp³-hybridized carbons (Fsp3) is 0.500. The van der Waals surface area contributed by atoms with Crippen molar-refractivity contribution in [1.29, 1.82) is 0 Å². The van der Waals surface area contributed by atoms with Gasteiger partial charge in [-0.05, 0) is 87.9 Å². The number of pyridine rings is 1. The summed E-state index contributed by atoms with van der Waals surface area (Å²) in [4.78, 5) is 59.0. The van der Waals surface area contributed by atoms with E-state index < -0.39 is 33.0 Å². The fourth-order valence-corrected chi connectivity index (χ4v) is 7.05. The zero-order valence-electron chi connectivity index (χ0n) is 33.3. The molecule has 2 fully saturated rings. The van der Waals surface area contributed by atoms with E-state index in [0.29, 0.717) is 55.9 Å². The highest BCUT2D eigenvalue weighted by molar-refractivity contribution is 7.85. The smallest absolute Gasteiger partial charge is 0.343 e. The Bertz CT molecular complexity index is 2340. The van der Waals surface area contributed by atoms with E-state index in [0.717, 1.165) is 37.9 Å². The maximum atomic E-state index is 15.7. The molecule has 4 aromatic rings. The number of ether oxygens (including phenoxy) is 2. The molecule has 1 saturated heterocycles. The van der Waals surface area contributed by atoms with Crippen molar-refractivity contribution in [2.75, 3.05) is 69.1 Å². The van der Waals surface area contributed by atoms with E-state index in [2.05, 4.69) is 36.0 Å². The standard InChI is InChI=1S/C39H49FN6O7.CH4O3S/c1-4-27-19-28(8-7-25(27)2)41-35-22-36(48)45(39(51)42-35)12-6-5-11-43-13-14-44(23-26(43)3)34-21-33-30(20-32(34)40)37(49)31(24-46(33)29-9-10-29)38(50)53-18-17-52-16-15-47;1-5(2,3)4/h7-8,19-22,24,26,29,41,47H,4-6,9-18,23H2,1-3H3,(H,42,51);1H3,(H,2,3,4)/t26-;/m1./s1. The third kappa shape index (κ3) is 11.8. The Morgan fingerprint density at radius 1 is 1.03 bits per heavy atom. The number of fused-ring (bicyclic) bond motifs is 1. The summed E-state index contributed by atoms with van der Waals surface area (Å²) in [7, 11) is -3.67. The summed E-state index contributed by atoms with van der Waals surface area (Å²) in [5, 5.41) is 12.1. The van der Waals surface area contributed by atoms with Crippen LogP contribution in [0, 0.1) is 12.7 Å². The lowest BCUT2D eigenvalue weighted by molar-refractivity contribution is 0.0256. The molecule has 3 heterocycles. The number of hydrogen-bond acceptors (Lipinski definition) is 12. The largest absolute Gasteiger partial charge is 0.459 e. The zero-order chi connectivity index (χ0) is 42.1. The summed E-state index contributed by atoms with van der Waals surface area (Å²) in [6.07, 6.45) is 6.33. The highest BCUT2D eigenvalue weighted by Crippen LogP contribution is 2.38. The number of H-pyrrole nitrogens is 1. The highest BCUT2D eigenvalue weighted by atomic mass is 32.2. The first kappa shape index (κ1) is 44.2. The summed E-state index contributed by atoms with van der Waals surface area (Å²) < 4.78 is 55.1. The molecule has 0 amide bonds. The fourth-order valence-electron chi connectivity index (χ4n) is 7.05. The van der Waals surface area contributed by atoms with Crippen LogP contribution in [-0.2, 0) is 32.6 Å². The van der Waals surface area contributed by atoms with Gasteiger partial charge in [0, 0.05) is 61.6 Å². The van der Waals surface area contributed by atoms with Gasteiger partial charge in [0.2, 0.25) is 5.43 Å². The van der Waals surface area contributed by atoms with Crippen LogP contribution in [0.5, 0.6) is 0 Å². The van der Waals surface area contributed by atoms with Crippen LogP contribution in [0.1, 0.15) is 67.1 Å². The Hall–Kier alpha value is -4.88. The quantitative estimate of drug-likeness (QED) is 0.0725. The molecule has 0 radical (unpaired) electrons. The predicted molar refractivity (Wildman–Crippen MR) is 220 cm³/mol. The van der Waals surface area contributed by atoms with Crippen LogP contribution in [-0.4, -0.2) is 108 Å². The van der Waals surface area contributed by atoms with Crippen LogP contribution >= 0.6 is 0 Å². The van der Waals surface area contributed by atoms with E-state index in [1.807, 2.05) is 27.7 Å². The number of aliphatic hydroxyl groups excluding tert-OH is 1. The SMILES string of the molecule is CCc1cc(Nc2cc(=O)n(CCCCN3CCN(c4cc5c(cc4F)c(=O)c(C(=O)OCCOCCO)cn5C4CC4)C[C@H]3C)c(=O)[nH]2)ccc1C.CS(=O)(=O)O. The third-order valence-electron chi connectivity index (χ3n) is 10.2. The number of esters is 1. The third-order valence-corrected chi connectivity index (χ3v) is 10.2. The van der Waals surface area contributed by atoms with Gasteiger partial charge in [0.15, 0.2) is 0 Å². The highest BCUT2D eigenvalue weighted by Gasteiger charge is 2.30. The minimum Gasteiger partial charge on any atom is -0.459 e. The molecule has 0 unspecified atom stereocenters. The lowest BCUT2D eigenvalue weighted by Crippen LogP contribution is -2.52. The number of halogens is 1. The molecule has 0 spiro atoms. The molecule has 58 heavy (non-hydrogen) atoms. The summed E-state index contributed by atoms with van der Waals surface area (Å²) in [6, 6.07) is 10.5. The molecule has 6 rings (SSSR count). The number of piperazine rings is 1. The average molecular weight is 829 g/mol. The Kier molecular flexibility index (Phi) is 15.0. The summed E-state index contributed by atoms with van der Waals surface area (Å²) in [5.74, 6) is -0.960. The van der Waals surface area contributed by atoms with Gasteiger partial charge in [0.1, 0.15) is 23.8 Å². The number of nitrogens with zero attached hydrogens (tertiary/aromatic N) is 4. The summed E-state index contributed by atoms with van der Waals surface area (Å²) >= 11 is 0. The molecular formula is C40H53FN6O10S. The summed E-state index contributed by atoms with van der Waals surface area (Å²) in [6.45, 7) is 9.14. The maximum absolute atomic E-state index is 15.7. The number of benzene rings is 2. The van der Waals surface area contributed by atoms with Gasteiger partial charge >= 0.3 is 11.7 Å². The monoisotopic (exact) mass is 828 g/mol. The molecule has 4 N–H and O–H groups in total. The first-order chi connectivity index (χ1) is 27.6. The van der Waals surface area contributed by atoms with Crippen molar-refractivity contribution in [3.8, 4) is 0 Å². The lowest BCUT2D eigenvalue weighted by Gasteiger charge is -2.41. The van der Waals surface area contributed by atoms with Crippen LogP contribution < -0.4 is 26.9 Å². The van der Waals surface area contributed by atoms with E-state index in [1.54, 1.807) is 6.07 Å². The second-order valence-corrected chi connectivity index (χ2v) is 16.1. The molecule has 1 atom stereocenters. The van der Waals surface area contributed by atoms with Crippen LogP contribution in [0.25, 0.3) is 10.9 Å². The topological polar surface area (TPSA) is 205 Å². The molecule has 1 aliphatic carbocycles. The molecule has 2 aliphatic rings. The number of anilines is 3. The Labute approximate surface area is 335 Å². The number of nitrogens with one attached hydrogen (secondary N) is 2. The second kappa shape index (κ2) is 19.7. The minimum absolute atomic E-state index is 0.0715. The van der Waals surface area contributed by atoms with Gasteiger partial charge < -0.3 is 29.4 Å². The average Bonchev–Trinajstić information content (AvgIpc) is 4.00. The molecule has 16 nitrogen and oxygen atoms in total. The molecule has 2 aromatic heterocycles. The Morgan fingerprint density at radius 2 is 1.76 bits per heavy atom. The normalized spacial score (nSPS) is 15.9. The Balaban J connectivity index is 0.00000121. The van der Waals surface area contributed by atoms with Crippen LogP contribution in [0.3, 0.4) is 0 Å². The van der Waals surface area contributed by atoms with Crippen molar-refractivity contribution < 1.29 is 36.7 Å². The molecule has 1 aliphatic heterocycles. The van der Waals surface area contributed by atoms with E-state index in [4.69, 9.17) is 19.1 Å². The van der Waals surface area contributed by atoms with Crippen molar-refractivity contribution in [3.05, 3.63) is 96.2 Å². The number of aliphatic hydroxyl groups is 1. The molecule has 316 valence electrons. The van der Waals surface area contributed by atoms with Gasteiger partial charge in [-0.3, -0.25) is 28.6 Å². The number of aromatic amines is 1. The van der Waals surface area contributed by atoms with Gasteiger partial charge in [-0.25, -0.2) is 14.0 Å². The van der Waals surface area contributed by atoms with Crippen molar-refractivity contribution >= 4 is 44.2 Å². The van der Waals surface area contributed by atoms with Gasteiger partial charge in [-0.2, -0.15) is 8.42 Å². The van der Waals surface area contributed by atoms with E-state index in [-0.39, 0.29) is 55.0 Å². The van der Waals surface area contributed by atoms with Crippen molar-refractivity contribution in [1.82, 2.24) is 19.0 Å². The van der Waals surface area contributed by atoms with E-state index in [9.17, 15) is 27.6 Å². The first-order valence-corrected chi connectivity index (χ1v) is 21.3. The number of hydrogen-bond donors (Lipinski definition) is 4.